The smallest absolute Gasteiger partial charge is 0.123 e. The molecule has 0 amide bonds. The van der Waals surface area contributed by atoms with Crippen LogP contribution in [0.15, 0.2) is 18.2 Å². The van der Waals surface area contributed by atoms with Crippen LogP contribution in [0.5, 0.6) is 0 Å². The maximum absolute atomic E-state index is 13.6. The third kappa shape index (κ3) is 4.44. The number of nitrogens with one attached hydrogen (secondary N) is 1. The second-order valence-electron chi connectivity index (χ2n) is 6.97. The lowest BCUT2D eigenvalue weighted by atomic mass is 9.92. The van der Waals surface area contributed by atoms with Crippen LogP contribution in [-0.4, -0.2) is 19.1 Å². The van der Waals surface area contributed by atoms with Gasteiger partial charge in [0.15, 0.2) is 0 Å². The number of hydrogen-bond acceptors (Lipinski definition) is 2. The first-order valence-corrected chi connectivity index (χ1v) is 8.23. The van der Waals surface area contributed by atoms with Crippen LogP contribution in [0.1, 0.15) is 46.1 Å². The Kier molecular flexibility index (Phi) is 5.63. The van der Waals surface area contributed by atoms with Crippen molar-refractivity contribution in [3.05, 3.63) is 29.6 Å². The zero-order valence-corrected chi connectivity index (χ0v) is 13.8. The first kappa shape index (κ1) is 16.3. The Labute approximate surface area is 128 Å². The molecule has 0 bridgehead atoms. The SMILES string of the molecule is CC(C)CNCc1cc(F)ccc1N1CCC(C)CC1C. The fourth-order valence-electron chi connectivity index (χ4n) is 3.24. The highest BCUT2D eigenvalue weighted by Crippen LogP contribution is 2.30. The van der Waals surface area contributed by atoms with Gasteiger partial charge in [0.2, 0.25) is 0 Å². The van der Waals surface area contributed by atoms with Crippen LogP contribution >= 0.6 is 0 Å². The molecule has 1 heterocycles. The Morgan fingerprint density at radius 3 is 2.76 bits per heavy atom. The zero-order valence-electron chi connectivity index (χ0n) is 13.8. The molecule has 2 atom stereocenters. The van der Waals surface area contributed by atoms with Gasteiger partial charge in [0.25, 0.3) is 0 Å². The Balaban J connectivity index is 2.14. The maximum Gasteiger partial charge on any atom is 0.123 e. The topological polar surface area (TPSA) is 15.3 Å². The van der Waals surface area contributed by atoms with Gasteiger partial charge < -0.3 is 10.2 Å². The Morgan fingerprint density at radius 1 is 1.33 bits per heavy atom. The van der Waals surface area contributed by atoms with Gasteiger partial charge in [-0.3, -0.25) is 0 Å². The molecule has 1 aliphatic rings. The van der Waals surface area contributed by atoms with Crippen molar-refractivity contribution in [3.8, 4) is 0 Å². The summed E-state index contributed by atoms with van der Waals surface area (Å²) in [5.74, 6) is 1.26. The van der Waals surface area contributed by atoms with Gasteiger partial charge in [0.05, 0.1) is 0 Å². The molecule has 0 radical (unpaired) electrons. The number of rotatable bonds is 5. The van der Waals surface area contributed by atoms with Gasteiger partial charge in [0, 0.05) is 24.8 Å². The molecule has 0 aliphatic carbocycles. The maximum atomic E-state index is 13.6. The molecule has 0 spiro atoms. The zero-order chi connectivity index (χ0) is 15.4. The molecule has 2 unspecified atom stereocenters. The molecule has 21 heavy (non-hydrogen) atoms. The van der Waals surface area contributed by atoms with Crippen LogP contribution < -0.4 is 10.2 Å². The van der Waals surface area contributed by atoms with E-state index in [1.165, 1.54) is 18.5 Å². The van der Waals surface area contributed by atoms with Gasteiger partial charge in [-0.25, -0.2) is 4.39 Å². The van der Waals surface area contributed by atoms with Gasteiger partial charge in [-0.2, -0.15) is 0 Å². The first-order chi connectivity index (χ1) is 9.97. The van der Waals surface area contributed by atoms with Crippen molar-refractivity contribution in [3.63, 3.8) is 0 Å². The van der Waals surface area contributed by atoms with Gasteiger partial charge in [-0.05, 0) is 61.9 Å². The van der Waals surface area contributed by atoms with Crippen LogP contribution in [0, 0.1) is 17.7 Å². The van der Waals surface area contributed by atoms with E-state index in [0.29, 0.717) is 12.0 Å². The summed E-state index contributed by atoms with van der Waals surface area (Å²) >= 11 is 0. The van der Waals surface area contributed by atoms with Gasteiger partial charge in [-0.1, -0.05) is 20.8 Å². The summed E-state index contributed by atoms with van der Waals surface area (Å²) in [5.41, 5.74) is 2.28. The van der Waals surface area contributed by atoms with Crippen LogP contribution in [0.3, 0.4) is 0 Å². The molecule has 1 aliphatic heterocycles. The minimum Gasteiger partial charge on any atom is -0.369 e. The highest BCUT2D eigenvalue weighted by molar-refractivity contribution is 5.55. The van der Waals surface area contributed by atoms with Crippen molar-refractivity contribution in [1.82, 2.24) is 5.32 Å². The normalized spacial score (nSPS) is 22.9. The van der Waals surface area contributed by atoms with Crippen LogP contribution in [-0.2, 0) is 6.54 Å². The number of piperidine rings is 1. The lowest BCUT2D eigenvalue weighted by Crippen LogP contribution is -2.41. The van der Waals surface area contributed by atoms with E-state index in [1.807, 2.05) is 6.07 Å². The second-order valence-corrected chi connectivity index (χ2v) is 6.97. The summed E-state index contributed by atoms with van der Waals surface area (Å²) in [6.45, 7) is 11.8. The minimum atomic E-state index is -0.141. The third-order valence-electron chi connectivity index (χ3n) is 4.36. The Morgan fingerprint density at radius 2 is 2.10 bits per heavy atom. The fraction of sp³-hybridized carbons (Fsp3) is 0.667. The van der Waals surface area contributed by atoms with Crippen molar-refractivity contribution < 1.29 is 4.39 Å². The fourth-order valence-corrected chi connectivity index (χ4v) is 3.24. The molecule has 1 aromatic rings. The Hall–Kier alpha value is -1.09. The van der Waals surface area contributed by atoms with E-state index in [9.17, 15) is 4.39 Å². The van der Waals surface area contributed by atoms with Crippen LogP contribution in [0.2, 0.25) is 0 Å². The van der Waals surface area contributed by atoms with Crippen molar-refractivity contribution in [2.75, 3.05) is 18.0 Å². The van der Waals surface area contributed by atoms with E-state index >= 15 is 0 Å². The molecule has 0 saturated carbocycles. The quantitative estimate of drug-likeness (QED) is 0.875. The summed E-state index contributed by atoms with van der Waals surface area (Å²) in [4.78, 5) is 2.45. The first-order valence-electron chi connectivity index (χ1n) is 8.23. The molecule has 1 N–H and O–H groups in total. The van der Waals surface area contributed by atoms with Crippen LogP contribution in [0.25, 0.3) is 0 Å². The van der Waals surface area contributed by atoms with Gasteiger partial charge in [-0.15, -0.1) is 0 Å². The molecular formula is C18H29FN2. The molecular weight excluding hydrogens is 263 g/mol. The molecule has 118 valence electrons. The molecule has 1 fully saturated rings. The molecule has 1 aromatic carbocycles. The number of nitrogens with zero attached hydrogens (tertiary/aromatic N) is 1. The van der Waals surface area contributed by atoms with E-state index in [4.69, 9.17) is 0 Å². The molecule has 3 heteroatoms. The van der Waals surface area contributed by atoms with Gasteiger partial charge in [0.1, 0.15) is 5.82 Å². The van der Waals surface area contributed by atoms with Gasteiger partial charge >= 0.3 is 0 Å². The van der Waals surface area contributed by atoms with Crippen LogP contribution in [0.4, 0.5) is 10.1 Å². The van der Waals surface area contributed by atoms with Crippen molar-refractivity contribution in [1.29, 1.82) is 0 Å². The lowest BCUT2D eigenvalue weighted by molar-refractivity contribution is 0.377. The molecule has 2 nitrogen and oxygen atoms in total. The predicted octanol–water partition coefficient (Wildman–Crippen LogP) is 4.20. The summed E-state index contributed by atoms with van der Waals surface area (Å²) in [6.07, 6.45) is 2.44. The largest absolute Gasteiger partial charge is 0.369 e. The average Bonchev–Trinajstić information content (AvgIpc) is 2.39. The summed E-state index contributed by atoms with van der Waals surface area (Å²) < 4.78 is 13.6. The third-order valence-corrected chi connectivity index (χ3v) is 4.36. The molecule has 2 rings (SSSR count). The van der Waals surface area contributed by atoms with E-state index in [-0.39, 0.29) is 5.82 Å². The number of hydrogen-bond donors (Lipinski definition) is 1. The second kappa shape index (κ2) is 7.26. The minimum absolute atomic E-state index is 0.141. The highest BCUT2D eigenvalue weighted by atomic mass is 19.1. The molecule has 1 saturated heterocycles. The molecule has 0 aromatic heterocycles. The van der Waals surface area contributed by atoms with E-state index in [2.05, 4.69) is 37.9 Å². The summed E-state index contributed by atoms with van der Waals surface area (Å²) in [5, 5.41) is 3.44. The lowest BCUT2D eigenvalue weighted by Gasteiger charge is -2.39. The van der Waals surface area contributed by atoms with E-state index in [1.54, 1.807) is 12.1 Å². The summed E-state index contributed by atoms with van der Waals surface area (Å²) in [6, 6.07) is 5.76. The number of anilines is 1. The van der Waals surface area contributed by atoms with Crippen molar-refractivity contribution >= 4 is 5.69 Å². The predicted molar refractivity (Wildman–Crippen MR) is 88.2 cm³/mol. The van der Waals surface area contributed by atoms with Crippen molar-refractivity contribution in [2.24, 2.45) is 11.8 Å². The summed E-state index contributed by atoms with van der Waals surface area (Å²) in [7, 11) is 0. The number of benzene rings is 1. The van der Waals surface area contributed by atoms with E-state index < -0.39 is 0 Å². The highest BCUT2D eigenvalue weighted by Gasteiger charge is 2.24. The Bertz CT molecular complexity index is 459. The monoisotopic (exact) mass is 292 g/mol. The number of halogens is 1. The average molecular weight is 292 g/mol. The van der Waals surface area contributed by atoms with E-state index in [0.717, 1.165) is 31.1 Å². The standard InChI is InChI=1S/C18H29FN2/c1-13(2)11-20-12-16-10-17(19)5-6-18(16)21-8-7-14(3)9-15(21)4/h5-6,10,13-15,20H,7-9,11-12H2,1-4H3. The van der Waals surface area contributed by atoms with Crippen molar-refractivity contribution in [2.45, 2.75) is 53.1 Å².